The highest BCUT2D eigenvalue weighted by Crippen LogP contribution is 2.33. The second-order valence-electron chi connectivity index (χ2n) is 5.17. The Kier molecular flexibility index (Phi) is 5.67. The van der Waals surface area contributed by atoms with Gasteiger partial charge in [0.25, 0.3) is 0 Å². The maximum absolute atomic E-state index is 10.0. The fraction of sp³-hybridized carbons (Fsp3) is 0.625. The predicted molar refractivity (Wildman–Crippen MR) is 76.3 cm³/mol. The molecule has 2 heteroatoms. The molecular formula is C16H26O2. The van der Waals surface area contributed by atoms with Gasteiger partial charge in [0.05, 0.1) is 12.7 Å². The summed E-state index contributed by atoms with van der Waals surface area (Å²) in [4.78, 5) is 0. The van der Waals surface area contributed by atoms with Crippen molar-refractivity contribution in [2.24, 2.45) is 0 Å². The van der Waals surface area contributed by atoms with E-state index in [2.05, 4.69) is 32.9 Å². The van der Waals surface area contributed by atoms with E-state index >= 15 is 0 Å². The van der Waals surface area contributed by atoms with Gasteiger partial charge in [0, 0.05) is 0 Å². The van der Waals surface area contributed by atoms with Gasteiger partial charge in [-0.1, -0.05) is 27.7 Å². The van der Waals surface area contributed by atoms with Crippen LogP contribution in [0.1, 0.15) is 69.2 Å². The van der Waals surface area contributed by atoms with Crippen molar-refractivity contribution in [3.63, 3.8) is 0 Å². The summed E-state index contributed by atoms with van der Waals surface area (Å²) in [6.45, 7) is 11.2. The SMILES string of the molecule is CCCOc1cc(C)c(C(O)CC)cc1C(C)C. The zero-order valence-corrected chi connectivity index (χ0v) is 12.3. The van der Waals surface area contributed by atoms with E-state index in [1.165, 1.54) is 5.56 Å². The Bertz CT molecular complexity index is 383. The van der Waals surface area contributed by atoms with Gasteiger partial charge in [0.1, 0.15) is 5.75 Å². The van der Waals surface area contributed by atoms with E-state index < -0.39 is 0 Å². The van der Waals surface area contributed by atoms with E-state index in [-0.39, 0.29) is 6.10 Å². The molecule has 1 atom stereocenters. The molecule has 0 heterocycles. The lowest BCUT2D eigenvalue weighted by molar-refractivity contribution is 0.172. The average Bonchev–Trinajstić information content (AvgIpc) is 2.34. The van der Waals surface area contributed by atoms with E-state index in [9.17, 15) is 5.11 Å². The number of aliphatic hydroxyl groups excluding tert-OH is 1. The first kappa shape index (κ1) is 15.0. The van der Waals surface area contributed by atoms with E-state index in [0.717, 1.165) is 36.3 Å². The monoisotopic (exact) mass is 250 g/mol. The van der Waals surface area contributed by atoms with Crippen LogP contribution in [0.2, 0.25) is 0 Å². The van der Waals surface area contributed by atoms with Gasteiger partial charge >= 0.3 is 0 Å². The van der Waals surface area contributed by atoms with E-state index in [4.69, 9.17) is 4.74 Å². The normalized spacial score (nSPS) is 12.8. The molecule has 0 bridgehead atoms. The largest absolute Gasteiger partial charge is 0.493 e. The third-order valence-corrected chi connectivity index (χ3v) is 3.23. The van der Waals surface area contributed by atoms with Gasteiger partial charge in [-0.25, -0.2) is 0 Å². The minimum absolute atomic E-state index is 0.372. The molecular weight excluding hydrogens is 224 g/mol. The zero-order chi connectivity index (χ0) is 13.7. The number of ether oxygens (including phenoxy) is 1. The molecule has 1 rings (SSSR count). The first-order valence-electron chi connectivity index (χ1n) is 6.96. The van der Waals surface area contributed by atoms with Gasteiger partial charge in [0.15, 0.2) is 0 Å². The number of benzene rings is 1. The van der Waals surface area contributed by atoms with E-state index in [0.29, 0.717) is 5.92 Å². The molecule has 2 nitrogen and oxygen atoms in total. The molecule has 0 saturated carbocycles. The van der Waals surface area contributed by atoms with Crippen molar-refractivity contribution in [2.75, 3.05) is 6.61 Å². The van der Waals surface area contributed by atoms with Crippen molar-refractivity contribution in [1.82, 2.24) is 0 Å². The van der Waals surface area contributed by atoms with Crippen LogP contribution in [-0.4, -0.2) is 11.7 Å². The van der Waals surface area contributed by atoms with Crippen molar-refractivity contribution in [2.45, 2.75) is 59.5 Å². The van der Waals surface area contributed by atoms with E-state index in [1.807, 2.05) is 13.8 Å². The van der Waals surface area contributed by atoms with Gasteiger partial charge in [-0.15, -0.1) is 0 Å². The Morgan fingerprint density at radius 1 is 1.17 bits per heavy atom. The summed E-state index contributed by atoms with van der Waals surface area (Å²) in [6, 6.07) is 4.18. The molecule has 1 aromatic rings. The third kappa shape index (κ3) is 3.49. The van der Waals surface area contributed by atoms with Crippen LogP contribution in [0.5, 0.6) is 5.75 Å². The molecule has 0 aliphatic carbocycles. The van der Waals surface area contributed by atoms with Crippen LogP contribution < -0.4 is 4.74 Å². The smallest absolute Gasteiger partial charge is 0.123 e. The van der Waals surface area contributed by atoms with Crippen molar-refractivity contribution in [1.29, 1.82) is 0 Å². The molecule has 0 fully saturated rings. The lowest BCUT2D eigenvalue weighted by atomic mass is 9.93. The first-order valence-corrected chi connectivity index (χ1v) is 6.96. The Morgan fingerprint density at radius 2 is 1.83 bits per heavy atom. The van der Waals surface area contributed by atoms with Gasteiger partial charge in [-0.3, -0.25) is 0 Å². The minimum atomic E-state index is -0.372. The number of hydrogen-bond acceptors (Lipinski definition) is 2. The Balaban J connectivity index is 3.16. The molecule has 0 saturated heterocycles. The van der Waals surface area contributed by atoms with Crippen molar-refractivity contribution >= 4 is 0 Å². The van der Waals surface area contributed by atoms with Gasteiger partial charge < -0.3 is 9.84 Å². The standard InChI is InChI=1S/C16H26O2/c1-6-8-18-16-9-12(5)14(15(17)7-2)10-13(16)11(3)4/h9-11,15,17H,6-8H2,1-5H3. The van der Waals surface area contributed by atoms with Gasteiger partial charge in [-0.05, 0) is 54.5 Å². The Morgan fingerprint density at radius 3 is 2.33 bits per heavy atom. The van der Waals surface area contributed by atoms with Crippen LogP contribution in [0, 0.1) is 6.92 Å². The molecule has 1 N–H and O–H groups in total. The van der Waals surface area contributed by atoms with Crippen molar-refractivity contribution < 1.29 is 9.84 Å². The summed E-state index contributed by atoms with van der Waals surface area (Å²) in [5.74, 6) is 1.37. The zero-order valence-electron chi connectivity index (χ0n) is 12.3. The fourth-order valence-corrected chi connectivity index (χ4v) is 2.08. The molecule has 1 unspecified atom stereocenters. The van der Waals surface area contributed by atoms with Gasteiger partial charge in [-0.2, -0.15) is 0 Å². The highest BCUT2D eigenvalue weighted by Gasteiger charge is 2.15. The summed E-state index contributed by atoms with van der Waals surface area (Å²) < 4.78 is 5.82. The molecule has 0 amide bonds. The summed E-state index contributed by atoms with van der Waals surface area (Å²) in [6.07, 6.45) is 1.38. The maximum Gasteiger partial charge on any atom is 0.123 e. The molecule has 0 spiro atoms. The second kappa shape index (κ2) is 6.79. The molecule has 0 aliphatic rings. The lowest BCUT2D eigenvalue weighted by Crippen LogP contribution is -2.05. The fourth-order valence-electron chi connectivity index (χ4n) is 2.08. The maximum atomic E-state index is 10.0. The summed E-state index contributed by atoms with van der Waals surface area (Å²) in [7, 11) is 0. The predicted octanol–water partition coefficient (Wildman–Crippen LogP) is 4.35. The van der Waals surface area contributed by atoms with Crippen LogP contribution in [0.4, 0.5) is 0 Å². The highest BCUT2D eigenvalue weighted by atomic mass is 16.5. The Labute approximate surface area is 111 Å². The first-order chi connectivity index (χ1) is 8.51. The summed E-state index contributed by atoms with van der Waals surface area (Å²) in [5, 5.41) is 10.0. The molecule has 0 radical (unpaired) electrons. The molecule has 102 valence electrons. The van der Waals surface area contributed by atoms with Crippen LogP contribution >= 0.6 is 0 Å². The number of aliphatic hydroxyl groups is 1. The minimum Gasteiger partial charge on any atom is -0.493 e. The summed E-state index contributed by atoms with van der Waals surface area (Å²) in [5.41, 5.74) is 3.33. The number of hydrogen-bond donors (Lipinski definition) is 1. The Hall–Kier alpha value is -1.02. The number of aryl methyl sites for hydroxylation is 1. The van der Waals surface area contributed by atoms with Crippen molar-refractivity contribution in [3.05, 3.63) is 28.8 Å². The summed E-state index contributed by atoms with van der Waals surface area (Å²) >= 11 is 0. The lowest BCUT2D eigenvalue weighted by Gasteiger charge is -2.19. The molecule has 0 aromatic heterocycles. The van der Waals surface area contributed by atoms with Gasteiger partial charge in [0.2, 0.25) is 0 Å². The van der Waals surface area contributed by atoms with Crippen molar-refractivity contribution in [3.8, 4) is 5.75 Å². The van der Waals surface area contributed by atoms with Crippen LogP contribution in [0.15, 0.2) is 12.1 Å². The topological polar surface area (TPSA) is 29.5 Å². The third-order valence-electron chi connectivity index (χ3n) is 3.23. The number of rotatable bonds is 6. The van der Waals surface area contributed by atoms with Crippen LogP contribution in [0.3, 0.4) is 0 Å². The molecule has 1 aromatic carbocycles. The van der Waals surface area contributed by atoms with Crippen LogP contribution in [-0.2, 0) is 0 Å². The molecule has 18 heavy (non-hydrogen) atoms. The second-order valence-corrected chi connectivity index (χ2v) is 5.17. The van der Waals surface area contributed by atoms with E-state index in [1.54, 1.807) is 0 Å². The highest BCUT2D eigenvalue weighted by molar-refractivity contribution is 5.44. The van der Waals surface area contributed by atoms with Crippen LogP contribution in [0.25, 0.3) is 0 Å². The molecule has 0 aliphatic heterocycles. The average molecular weight is 250 g/mol. The quantitative estimate of drug-likeness (QED) is 0.813.